The van der Waals surface area contributed by atoms with E-state index >= 15 is 0 Å². The Kier molecular flexibility index (Phi) is 6.57. The Morgan fingerprint density at radius 3 is 2.21 bits per heavy atom. The Morgan fingerprint density at radius 2 is 1.59 bits per heavy atom. The van der Waals surface area contributed by atoms with Crippen molar-refractivity contribution >= 4 is 38.9 Å². The predicted octanol–water partition coefficient (Wildman–Crippen LogP) is 5.41. The maximum atomic E-state index is 13.5. The molecule has 29 heavy (non-hydrogen) atoms. The molecule has 0 spiro atoms. The van der Waals surface area contributed by atoms with Gasteiger partial charge in [-0.3, -0.25) is 4.31 Å². The standard InChI is InChI=1S/C21H19Cl2NO4S/c1-27-17-9-11-18(12-10-17)29(25,26)24(20-5-3-4-6-21(20)28-2)14-15-7-8-16(22)13-19(15)23/h3-13H,14H2,1-2H3. The van der Waals surface area contributed by atoms with Crippen molar-refractivity contribution in [2.45, 2.75) is 11.4 Å². The Balaban J connectivity index is 2.13. The van der Waals surface area contributed by atoms with Crippen molar-refractivity contribution in [3.63, 3.8) is 0 Å². The molecular weight excluding hydrogens is 433 g/mol. The van der Waals surface area contributed by atoms with Crippen LogP contribution in [0.4, 0.5) is 5.69 Å². The van der Waals surface area contributed by atoms with Gasteiger partial charge < -0.3 is 9.47 Å². The van der Waals surface area contributed by atoms with Crippen LogP contribution in [0.5, 0.6) is 11.5 Å². The number of ether oxygens (including phenoxy) is 2. The number of anilines is 1. The topological polar surface area (TPSA) is 55.8 Å². The number of sulfonamides is 1. The minimum atomic E-state index is -3.93. The molecule has 0 unspecified atom stereocenters. The molecule has 8 heteroatoms. The lowest BCUT2D eigenvalue weighted by Crippen LogP contribution is -2.31. The van der Waals surface area contributed by atoms with E-state index in [1.807, 2.05) is 0 Å². The average molecular weight is 452 g/mol. The summed E-state index contributed by atoms with van der Waals surface area (Å²) in [4.78, 5) is 0.120. The summed E-state index contributed by atoms with van der Waals surface area (Å²) in [6.45, 7) is 0.00470. The normalized spacial score (nSPS) is 11.2. The van der Waals surface area contributed by atoms with Crippen molar-refractivity contribution < 1.29 is 17.9 Å². The van der Waals surface area contributed by atoms with Crippen LogP contribution in [-0.2, 0) is 16.6 Å². The zero-order chi connectivity index (χ0) is 21.0. The first-order valence-corrected chi connectivity index (χ1v) is 10.8. The number of hydrogen-bond donors (Lipinski definition) is 0. The van der Waals surface area contributed by atoms with Gasteiger partial charge >= 0.3 is 0 Å². The van der Waals surface area contributed by atoms with Gasteiger partial charge in [0.05, 0.1) is 31.3 Å². The van der Waals surface area contributed by atoms with Crippen molar-refractivity contribution in [3.05, 3.63) is 82.3 Å². The quantitative estimate of drug-likeness (QED) is 0.481. The highest BCUT2D eigenvalue weighted by molar-refractivity contribution is 7.92. The Bertz CT molecular complexity index is 1100. The van der Waals surface area contributed by atoms with E-state index in [1.165, 1.54) is 30.7 Å². The minimum absolute atomic E-state index is 0.00470. The first-order chi connectivity index (χ1) is 13.9. The lowest BCUT2D eigenvalue weighted by molar-refractivity contribution is 0.414. The summed E-state index contributed by atoms with van der Waals surface area (Å²) in [7, 11) is -0.917. The minimum Gasteiger partial charge on any atom is -0.497 e. The molecule has 152 valence electrons. The van der Waals surface area contributed by atoms with E-state index in [0.717, 1.165) is 0 Å². The van der Waals surface area contributed by atoms with Crippen LogP contribution in [-0.4, -0.2) is 22.6 Å². The summed E-state index contributed by atoms with van der Waals surface area (Å²) in [6, 6.07) is 18.1. The molecule has 0 N–H and O–H groups in total. The van der Waals surface area contributed by atoms with Gasteiger partial charge in [0, 0.05) is 10.0 Å². The Hall–Kier alpha value is -2.41. The van der Waals surface area contributed by atoms with E-state index in [4.69, 9.17) is 32.7 Å². The number of benzene rings is 3. The van der Waals surface area contributed by atoms with E-state index in [2.05, 4.69) is 0 Å². The highest BCUT2D eigenvalue weighted by atomic mass is 35.5. The van der Waals surface area contributed by atoms with Crippen molar-refractivity contribution in [2.75, 3.05) is 18.5 Å². The molecule has 3 aromatic rings. The lowest BCUT2D eigenvalue weighted by atomic mass is 10.2. The largest absolute Gasteiger partial charge is 0.497 e. The highest BCUT2D eigenvalue weighted by Gasteiger charge is 2.28. The predicted molar refractivity (Wildman–Crippen MR) is 116 cm³/mol. The summed E-state index contributed by atoms with van der Waals surface area (Å²) in [5.74, 6) is 0.989. The molecule has 0 aromatic heterocycles. The van der Waals surface area contributed by atoms with E-state index in [0.29, 0.717) is 32.8 Å². The van der Waals surface area contributed by atoms with Crippen LogP contribution in [0.1, 0.15) is 5.56 Å². The van der Waals surface area contributed by atoms with Crippen LogP contribution >= 0.6 is 23.2 Å². The summed E-state index contributed by atoms with van der Waals surface area (Å²) >= 11 is 12.3. The van der Waals surface area contributed by atoms with Gasteiger partial charge in [-0.25, -0.2) is 8.42 Å². The SMILES string of the molecule is COc1ccc(S(=O)(=O)N(Cc2ccc(Cl)cc2Cl)c2ccccc2OC)cc1. The smallest absolute Gasteiger partial charge is 0.264 e. The molecule has 0 radical (unpaired) electrons. The Labute approximate surface area is 180 Å². The second-order valence-corrected chi connectivity index (χ2v) is 8.80. The number of methoxy groups -OCH3 is 2. The Morgan fingerprint density at radius 1 is 0.897 bits per heavy atom. The highest BCUT2D eigenvalue weighted by Crippen LogP contribution is 2.35. The summed E-state index contributed by atoms with van der Waals surface area (Å²) in [5, 5.41) is 0.850. The van der Waals surface area contributed by atoms with Gasteiger partial charge in [0.15, 0.2) is 0 Å². The van der Waals surface area contributed by atoms with Crippen molar-refractivity contribution in [3.8, 4) is 11.5 Å². The van der Waals surface area contributed by atoms with Crippen LogP contribution < -0.4 is 13.8 Å². The fraction of sp³-hybridized carbons (Fsp3) is 0.143. The van der Waals surface area contributed by atoms with Crippen LogP contribution in [0.15, 0.2) is 71.6 Å². The van der Waals surface area contributed by atoms with Gasteiger partial charge in [0.25, 0.3) is 10.0 Å². The summed E-state index contributed by atoms with van der Waals surface area (Å²) in [6.07, 6.45) is 0. The molecular formula is C21H19Cl2NO4S. The molecule has 0 bridgehead atoms. The van der Waals surface area contributed by atoms with Gasteiger partial charge in [0.2, 0.25) is 0 Å². The molecule has 0 aliphatic carbocycles. The molecule has 3 rings (SSSR count). The van der Waals surface area contributed by atoms with Crippen LogP contribution in [0.2, 0.25) is 10.0 Å². The molecule has 0 heterocycles. The maximum absolute atomic E-state index is 13.5. The molecule has 3 aromatic carbocycles. The van der Waals surface area contributed by atoms with E-state index in [-0.39, 0.29) is 11.4 Å². The van der Waals surface area contributed by atoms with Gasteiger partial charge in [-0.15, -0.1) is 0 Å². The first kappa shape index (κ1) is 21.3. The van der Waals surface area contributed by atoms with Crippen LogP contribution in [0, 0.1) is 0 Å². The van der Waals surface area contributed by atoms with E-state index < -0.39 is 10.0 Å². The molecule has 0 saturated heterocycles. The molecule has 0 atom stereocenters. The number of hydrogen-bond acceptors (Lipinski definition) is 4. The fourth-order valence-electron chi connectivity index (χ4n) is 2.82. The van der Waals surface area contributed by atoms with Crippen LogP contribution in [0.3, 0.4) is 0 Å². The molecule has 0 aliphatic rings. The third kappa shape index (κ3) is 4.61. The van der Waals surface area contributed by atoms with Gasteiger partial charge in [-0.1, -0.05) is 41.4 Å². The number of rotatable bonds is 7. The van der Waals surface area contributed by atoms with Gasteiger partial charge in [-0.2, -0.15) is 0 Å². The zero-order valence-corrected chi connectivity index (χ0v) is 18.1. The molecule has 0 amide bonds. The van der Waals surface area contributed by atoms with Crippen molar-refractivity contribution in [1.29, 1.82) is 0 Å². The fourth-order valence-corrected chi connectivity index (χ4v) is 4.74. The van der Waals surface area contributed by atoms with Crippen molar-refractivity contribution in [2.24, 2.45) is 0 Å². The third-order valence-corrected chi connectivity index (χ3v) is 6.69. The van der Waals surface area contributed by atoms with Crippen LogP contribution in [0.25, 0.3) is 0 Å². The second kappa shape index (κ2) is 8.95. The molecule has 0 aliphatic heterocycles. The number of para-hydroxylation sites is 2. The molecule has 0 fully saturated rings. The number of nitrogens with zero attached hydrogens (tertiary/aromatic N) is 1. The maximum Gasteiger partial charge on any atom is 0.264 e. The second-order valence-electron chi connectivity index (χ2n) is 6.09. The van der Waals surface area contributed by atoms with Gasteiger partial charge in [-0.05, 0) is 54.1 Å². The lowest BCUT2D eigenvalue weighted by Gasteiger charge is -2.26. The summed E-state index contributed by atoms with van der Waals surface area (Å²) in [5.41, 5.74) is 1.01. The first-order valence-electron chi connectivity index (χ1n) is 8.60. The van der Waals surface area contributed by atoms with Crippen molar-refractivity contribution in [1.82, 2.24) is 0 Å². The monoisotopic (exact) mass is 451 g/mol. The molecule has 0 saturated carbocycles. The van der Waals surface area contributed by atoms with E-state index in [9.17, 15) is 8.42 Å². The number of halogens is 2. The molecule has 5 nitrogen and oxygen atoms in total. The van der Waals surface area contributed by atoms with E-state index in [1.54, 1.807) is 54.6 Å². The average Bonchev–Trinajstić information content (AvgIpc) is 2.73. The van der Waals surface area contributed by atoms with Gasteiger partial charge in [0.1, 0.15) is 11.5 Å². The third-order valence-electron chi connectivity index (χ3n) is 4.33. The zero-order valence-electron chi connectivity index (χ0n) is 15.8. The summed E-state index contributed by atoms with van der Waals surface area (Å²) < 4.78 is 38.9.